The summed E-state index contributed by atoms with van der Waals surface area (Å²) in [6, 6.07) is 19.3. The number of rotatable bonds is 10. The molecule has 1 atom stereocenters. The van der Waals surface area contributed by atoms with Crippen molar-refractivity contribution in [1.82, 2.24) is 9.88 Å². The third-order valence-electron chi connectivity index (χ3n) is 6.47. The molecule has 0 radical (unpaired) electrons. The molecule has 7 nitrogen and oxygen atoms in total. The van der Waals surface area contributed by atoms with Crippen LogP contribution in [0.1, 0.15) is 49.0 Å². The Bertz CT molecular complexity index is 1250. The van der Waals surface area contributed by atoms with Gasteiger partial charge < -0.3 is 19.6 Å². The number of hydrogen-bond acceptors (Lipinski definition) is 6. The number of aromatic nitrogens is 1. The fourth-order valence-corrected chi connectivity index (χ4v) is 4.42. The van der Waals surface area contributed by atoms with Crippen LogP contribution in [-0.4, -0.2) is 47.4 Å². The van der Waals surface area contributed by atoms with E-state index in [2.05, 4.69) is 11.9 Å². The van der Waals surface area contributed by atoms with Gasteiger partial charge in [0.25, 0.3) is 11.7 Å². The maximum atomic E-state index is 13.3. The molecule has 0 saturated carbocycles. The average molecular weight is 500 g/mol. The SMILES string of the molecule is CCCCCOc1ccc(/C(O)=C2/C(=O)C(=O)N(Cc3ccccn3)C2c2ccc(N(C)C)cc2)cc1. The van der Waals surface area contributed by atoms with Gasteiger partial charge in [0.2, 0.25) is 0 Å². The van der Waals surface area contributed by atoms with Crippen LogP contribution in [0.4, 0.5) is 5.69 Å². The molecular weight excluding hydrogens is 466 g/mol. The number of ether oxygens (including phenoxy) is 1. The zero-order chi connectivity index (χ0) is 26.4. The number of amides is 1. The number of ketones is 1. The Morgan fingerprint density at radius 2 is 1.73 bits per heavy atom. The van der Waals surface area contributed by atoms with Crippen LogP contribution >= 0.6 is 0 Å². The topological polar surface area (TPSA) is 83.0 Å². The van der Waals surface area contributed by atoms with Gasteiger partial charge in [0.1, 0.15) is 11.5 Å². The Morgan fingerprint density at radius 3 is 2.35 bits per heavy atom. The summed E-state index contributed by atoms with van der Waals surface area (Å²) in [5.41, 5.74) is 2.89. The molecule has 1 N–H and O–H groups in total. The fourth-order valence-electron chi connectivity index (χ4n) is 4.42. The number of pyridine rings is 1. The molecule has 1 aromatic heterocycles. The first-order valence-electron chi connectivity index (χ1n) is 12.6. The van der Waals surface area contributed by atoms with E-state index in [1.165, 1.54) is 4.90 Å². The van der Waals surface area contributed by atoms with Gasteiger partial charge in [-0.2, -0.15) is 0 Å². The largest absolute Gasteiger partial charge is 0.507 e. The monoisotopic (exact) mass is 499 g/mol. The zero-order valence-corrected chi connectivity index (χ0v) is 21.6. The second-order valence-electron chi connectivity index (χ2n) is 9.31. The summed E-state index contributed by atoms with van der Waals surface area (Å²) in [4.78, 5) is 34.3. The number of carbonyl (C=O) groups excluding carboxylic acids is 2. The van der Waals surface area contributed by atoms with Gasteiger partial charge in [-0.1, -0.05) is 38.0 Å². The molecule has 4 rings (SSSR count). The van der Waals surface area contributed by atoms with Crippen LogP contribution in [0.15, 0.2) is 78.5 Å². The highest BCUT2D eigenvalue weighted by Crippen LogP contribution is 2.40. The van der Waals surface area contributed by atoms with Gasteiger partial charge in [-0.05, 0) is 60.5 Å². The highest BCUT2D eigenvalue weighted by molar-refractivity contribution is 6.46. The van der Waals surface area contributed by atoms with Gasteiger partial charge in [0.05, 0.1) is 30.5 Å². The first-order chi connectivity index (χ1) is 17.9. The molecule has 37 heavy (non-hydrogen) atoms. The molecule has 0 aliphatic carbocycles. The molecule has 1 saturated heterocycles. The lowest BCUT2D eigenvalue weighted by Gasteiger charge is -2.25. The molecule has 1 fully saturated rings. The van der Waals surface area contributed by atoms with E-state index in [4.69, 9.17) is 4.74 Å². The third kappa shape index (κ3) is 5.82. The Kier molecular flexibility index (Phi) is 8.23. The summed E-state index contributed by atoms with van der Waals surface area (Å²) >= 11 is 0. The molecule has 0 spiro atoms. The smallest absolute Gasteiger partial charge is 0.296 e. The second-order valence-corrected chi connectivity index (χ2v) is 9.31. The Morgan fingerprint density at radius 1 is 1.00 bits per heavy atom. The second kappa shape index (κ2) is 11.7. The summed E-state index contributed by atoms with van der Waals surface area (Å²) in [5, 5.41) is 11.3. The van der Waals surface area contributed by atoms with Crippen molar-refractivity contribution in [1.29, 1.82) is 0 Å². The normalized spacial score (nSPS) is 16.7. The first-order valence-corrected chi connectivity index (χ1v) is 12.6. The van der Waals surface area contributed by atoms with Gasteiger partial charge in [0.15, 0.2) is 0 Å². The Balaban J connectivity index is 1.71. The number of aliphatic hydroxyl groups excluding tert-OH is 1. The van der Waals surface area contributed by atoms with Gasteiger partial charge in [-0.25, -0.2) is 0 Å². The molecule has 1 aliphatic rings. The minimum Gasteiger partial charge on any atom is -0.507 e. The van der Waals surface area contributed by atoms with Crippen molar-refractivity contribution in [3.8, 4) is 5.75 Å². The molecule has 1 amide bonds. The highest BCUT2D eigenvalue weighted by atomic mass is 16.5. The van der Waals surface area contributed by atoms with E-state index in [1.807, 2.05) is 55.4 Å². The molecule has 1 unspecified atom stereocenters. The number of carbonyl (C=O) groups is 2. The summed E-state index contributed by atoms with van der Waals surface area (Å²) in [6.45, 7) is 2.91. The maximum absolute atomic E-state index is 13.3. The van der Waals surface area contributed by atoms with E-state index in [0.29, 0.717) is 23.6 Å². The lowest BCUT2D eigenvalue weighted by atomic mass is 9.95. The summed E-state index contributed by atoms with van der Waals surface area (Å²) in [5.74, 6) is -0.889. The van der Waals surface area contributed by atoms with E-state index in [1.54, 1.807) is 36.5 Å². The number of anilines is 1. The van der Waals surface area contributed by atoms with E-state index in [9.17, 15) is 14.7 Å². The Labute approximate surface area is 218 Å². The number of aliphatic hydroxyl groups is 1. The van der Waals surface area contributed by atoms with Crippen molar-refractivity contribution in [3.63, 3.8) is 0 Å². The molecule has 3 aromatic rings. The van der Waals surface area contributed by atoms with E-state index in [-0.39, 0.29) is 17.9 Å². The van der Waals surface area contributed by atoms with Crippen molar-refractivity contribution in [2.75, 3.05) is 25.6 Å². The van der Waals surface area contributed by atoms with Crippen molar-refractivity contribution < 1.29 is 19.4 Å². The quantitative estimate of drug-likeness (QED) is 0.176. The van der Waals surface area contributed by atoms with E-state index in [0.717, 1.165) is 30.5 Å². The first kappa shape index (κ1) is 25.9. The number of unbranched alkanes of at least 4 members (excludes halogenated alkanes) is 2. The number of likely N-dealkylation sites (tertiary alicyclic amines) is 1. The van der Waals surface area contributed by atoms with Crippen LogP contribution in [0.25, 0.3) is 5.76 Å². The summed E-state index contributed by atoms with van der Waals surface area (Å²) in [7, 11) is 3.89. The van der Waals surface area contributed by atoms with Gasteiger partial charge in [-0.3, -0.25) is 14.6 Å². The number of Topliss-reactive ketones (excluding diaryl/α,β-unsaturated/α-hetero) is 1. The van der Waals surface area contributed by atoms with Gasteiger partial charge in [-0.15, -0.1) is 0 Å². The van der Waals surface area contributed by atoms with Gasteiger partial charge >= 0.3 is 0 Å². The molecule has 2 aromatic carbocycles. The van der Waals surface area contributed by atoms with E-state index < -0.39 is 17.7 Å². The predicted molar refractivity (Wildman–Crippen MR) is 144 cm³/mol. The molecule has 7 heteroatoms. The van der Waals surface area contributed by atoms with Crippen LogP contribution in [0, 0.1) is 0 Å². The fraction of sp³-hybridized carbons (Fsp3) is 0.300. The lowest BCUT2D eigenvalue weighted by Crippen LogP contribution is -2.29. The van der Waals surface area contributed by atoms with E-state index >= 15 is 0 Å². The average Bonchev–Trinajstić information content (AvgIpc) is 3.16. The third-order valence-corrected chi connectivity index (χ3v) is 6.47. The molecule has 0 bridgehead atoms. The molecular formula is C30H33N3O4. The van der Waals surface area contributed by atoms with Crippen molar-refractivity contribution in [3.05, 3.63) is 95.3 Å². The van der Waals surface area contributed by atoms with Crippen LogP contribution < -0.4 is 9.64 Å². The standard InChI is InChI=1S/C30H33N3O4/c1-4-5-8-19-37-25-16-12-22(13-17-25)28(34)26-27(21-10-14-24(15-11-21)32(2)3)33(30(36)29(26)35)20-23-9-6-7-18-31-23/h6-7,9-18,27,34H,4-5,8,19-20H2,1-3H3/b28-26-. The molecule has 192 valence electrons. The van der Waals surface area contributed by atoms with Crippen LogP contribution in [0.5, 0.6) is 5.75 Å². The molecule has 2 heterocycles. The minimum atomic E-state index is -0.747. The minimum absolute atomic E-state index is 0.0650. The number of nitrogens with zero attached hydrogens (tertiary/aromatic N) is 3. The van der Waals surface area contributed by atoms with Crippen LogP contribution in [0.2, 0.25) is 0 Å². The lowest BCUT2D eigenvalue weighted by molar-refractivity contribution is -0.140. The zero-order valence-electron chi connectivity index (χ0n) is 21.6. The Hall–Kier alpha value is -4.13. The van der Waals surface area contributed by atoms with Crippen molar-refractivity contribution in [2.24, 2.45) is 0 Å². The number of benzene rings is 2. The highest BCUT2D eigenvalue weighted by Gasteiger charge is 2.46. The predicted octanol–water partition coefficient (Wildman–Crippen LogP) is 5.34. The van der Waals surface area contributed by atoms with Crippen LogP contribution in [-0.2, 0) is 16.1 Å². The van der Waals surface area contributed by atoms with Crippen molar-refractivity contribution in [2.45, 2.75) is 38.8 Å². The van der Waals surface area contributed by atoms with Crippen LogP contribution in [0.3, 0.4) is 0 Å². The van der Waals surface area contributed by atoms with Gasteiger partial charge in [0, 0.05) is 31.5 Å². The summed E-state index contributed by atoms with van der Waals surface area (Å²) < 4.78 is 5.77. The molecule has 1 aliphatic heterocycles. The number of hydrogen-bond donors (Lipinski definition) is 1. The van der Waals surface area contributed by atoms with Crippen molar-refractivity contribution >= 4 is 23.1 Å². The maximum Gasteiger partial charge on any atom is 0.296 e. The summed E-state index contributed by atoms with van der Waals surface area (Å²) in [6.07, 6.45) is 4.85.